The van der Waals surface area contributed by atoms with Gasteiger partial charge in [-0.1, -0.05) is 13.8 Å². The third-order valence-electron chi connectivity index (χ3n) is 2.79. The highest BCUT2D eigenvalue weighted by Crippen LogP contribution is 2.35. The number of nitrogens with one attached hydrogen (secondary N) is 1. The molecule has 0 aromatic rings. The number of likely N-dealkylation sites (N-methyl/N-ethyl adjacent to an activating group) is 1. The van der Waals surface area contributed by atoms with E-state index in [9.17, 15) is 0 Å². The molecule has 0 aliphatic heterocycles. The first kappa shape index (κ1) is 11.0. The van der Waals surface area contributed by atoms with Gasteiger partial charge in [0.05, 0.1) is 0 Å². The summed E-state index contributed by atoms with van der Waals surface area (Å²) in [6.07, 6.45) is 2.88. The van der Waals surface area contributed by atoms with Gasteiger partial charge in [-0.2, -0.15) is 0 Å². The molecule has 2 heteroatoms. The number of hydrogen-bond donors (Lipinski definition) is 1. The SMILES string of the molecule is CC(C)C(NCCN(C)C)C1CC1. The van der Waals surface area contributed by atoms with Crippen LogP contribution in [0.5, 0.6) is 0 Å². The predicted molar refractivity (Wildman–Crippen MR) is 57.9 cm³/mol. The van der Waals surface area contributed by atoms with E-state index in [0.717, 1.165) is 31.0 Å². The summed E-state index contributed by atoms with van der Waals surface area (Å²) in [6.45, 7) is 6.93. The Bertz CT molecular complexity index is 137. The number of nitrogens with zero attached hydrogens (tertiary/aromatic N) is 1. The summed E-state index contributed by atoms with van der Waals surface area (Å²) in [5.74, 6) is 1.76. The fourth-order valence-corrected chi connectivity index (χ4v) is 1.86. The first-order valence-corrected chi connectivity index (χ1v) is 5.49. The smallest absolute Gasteiger partial charge is 0.0119 e. The van der Waals surface area contributed by atoms with Crippen molar-refractivity contribution in [3.05, 3.63) is 0 Å². The summed E-state index contributed by atoms with van der Waals surface area (Å²) < 4.78 is 0. The van der Waals surface area contributed by atoms with Crippen molar-refractivity contribution in [2.24, 2.45) is 11.8 Å². The molecule has 0 spiro atoms. The summed E-state index contributed by atoms with van der Waals surface area (Å²) in [6, 6.07) is 0.764. The van der Waals surface area contributed by atoms with E-state index in [4.69, 9.17) is 0 Å². The van der Waals surface area contributed by atoms with Gasteiger partial charge in [-0.05, 0) is 38.8 Å². The molecule has 0 heterocycles. The fraction of sp³-hybridized carbons (Fsp3) is 1.00. The zero-order chi connectivity index (χ0) is 9.84. The largest absolute Gasteiger partial charge is 0.312 e. The maximum Gasteiger partial charge on any atom is 0.0119 e. The highest BCUT2D eigenvalue weighted by Gasteiger charge is 2.32. The van der Waals surface area contributed by atoms with Crippen molar-refractivity contribution in [1.29, 1.82) is 0 Å². The van der Waals surface area contributed by atoms with E-state index >= 15 is 0 Å². The molecule has 1 atom stereocenters. The third kappa shape index (κ3) is 4.10. The summed E-state index contributed by atoms with van der Waals surface area (Å²) in [7, 11) is 4.26. The van der Waals surface area contributed by atoms with E-state index in [1.54, 1.807) is 0 Å². The Balaban J connectivity index is 2.15. The molecule has 0 saturated heterocycles. The van der Waals surface area contributed by atoms with Crippen molar-refractivity contribution in [1.82, 2.24) is 10.2 Å². The highest BCUT2D eigenvalue weighted by molar-refractivity contribution is 4.88. The summed E-state index contributed by atoms with van der Waals surface area (Å²) in [5, 5.41) is 3.67. The van der Waals surface area contributed by atoms with Crippen LogP contribution in [0.25, 0.3) is 0 Å². The van der Waals surface area contributed by atoms with Crippen LogP contribution in [0, 0.1) is 11.8 Å². The van der Waals surface area contributed by atoms with Crippen LogP contribution in [0.15, 0.2) is 0 Å². The van der Waals surface area contributed by atoms with Gasteiger partial charge in [0, 0.05) is 19.1 Å². The lowest BCUT2D eigenvalue weighted by molar-refractivity contribution is 0.328. The molecule has 0 radical (unpaired) electrons. The van der Waals surface area contributed by atoms with Gasteiger partial charge in [-0.15, -0.1) is 0 Å². The molecule has 1 N–H and O–H groups in total. The van der Waals surface area contributed by atoms with E-state index in [-0.39, 0.29) is 0 Å². The van der Waals surface area contributed by atoms with E-state index in [1.165, 1.54) is 12.8 Å². The van der Waals surface area contributed by atoms with Crippen LogP contribution in [-0.2, 0) is 0 Å². The summed E-state index contributed by atoms with van der Waals surface area (Å²) in [4.78, 5) is 2.23. The third-order valence-corrected chi connectivity index (χ3v) is 2.79. The van der Waals surface area contributed by atoms with Crippen LogP contribution < -0.4 is 5.32 Å². The molecule has 1 fully saturated rings. The standard InChI is InChI=1S/C11H24N2/c1-9(2)11(10-5-6-10)12-7-8-13(3)4/h9-12H,5-8H2,1-4H3. The Morgan fingerprint density at radius 1 is 1.31 bits per heavy atom. The van der Waals surface area contributed by atoms with Crippen molar-refractivity contribution >= 4 is 0 Å². The van der Waals surface area contributed by atoms with Crippen LogP contribution in [0.1, 0.15) is 26.7 Å². The predicted octanol–water partition coefficient (Wildman–Crippen LogP) is 1.57. The quantitative estimate of drug-likeness (QED) is 0.674. The molecule has 1 aliphatic rings. The second-order valence-electron chi connectivity index (χ2n) is 4.86. The van der Waals surface area contributed by atoms with E-state index < -0.39 is 0 Å². The topological polar surface area (TPSA) is 15.3 Å². The van der Waals surface area contributed by atoms with Crippen LogP contribution in [-0.4, -0.2) is 38.1 Å². The van der Waals surface area contributed by atoms with Crippen LogP contribution in [0.2, 0.25) is 0 Å². The minimum atomic E-state index is 0.764. The normalized spacial score (nSPS) is 19.8. The maximum absolute atomic E-state index is 3.67. The average molecular weight is 184 g/mol. The Labute approximate surface area is 82.7 Å². The molecule has 0 aromatic heterocycles. The number of hydrogen-bond acceptors (Lipinski definition) is 2. The fourth-order valence-electron chi connectivity index (χ4n) is 1.86. The van der Waals surface area contributed by atoms with Crippen LogP contribution >= 0.6 is 0 Å². The van der Waals surface area contributed by atoms with E-state index in [2.05, 4.69) is 38.2 Å². The van der Waals surface area contributed by atoms with Crippen molar-refractivity contribution < 1.29 is 0 Å². The van der Waals surface area contributed by atoms with Gasteiger partial charge in [-0.3, -0.25) is 0 Å². The molecule has 0 amide bonds. The van der Waals surface area contributed by atoms with Gasteiger partial charge in [0.2, 0.25) is 0 Å². The molecule has 0 bridgehead atoms. The molecule has 78 valence electrons. The van der Waals surface area contributed by atoms with E-state index in [1.807, 2.05) is 0 Å². The molecule has 2 nitrogen and oxygen atoms in total. The van der Waals surface area contributed by atoms with Crippen molar-refractivity contribution in [3.8, 4) is 0 Å². The zero-order valence-corrected chi connectivity index (χ0v) is 9.51. The molecular weight excluding hydrogens is 160 g/mol. The van der Waals surface area contributed by atoms with Crippen molar-refractivity contribution in [3.63, 3.8) is 0 Å². The molecule has 13 heavy (non-hydrogen) atoms. The molecule has 1 unspecified atom stereocenters. The second kappa shape index (κ2) is 4.97. The van der Waals surface area contributed by atoms with Gasteiger partial charge in [0.25, 0.3) is 0 Å². The monoisotopic (exact) mass is 184 g/mol. The Hall–Kier alpha value is -0.0800. The number of rotatable bonds is 6. The Kier molecular flexibility index (Phi) is 4.20. The molecular formula is C11H24N2. The van der Waals surface area contributed by atoms with Gasteiger partial charge < -0.3 is 10.2 Å². The van der Waals surface area contributed by atoms with E-state index in [0.29, 0.717) is 0 Å². The van der Waals surface area contributed by atoms with Gasteiger partial charge in [0.15, 0.2) is 0 Å². The summed E-state index contributed by atoms with van der Waals surface area (Å²) in [5.41, 5.74) is 0. The lowest BCUT2D eigenvalue weighted by Gasteiger charge is -2.23. The Morgan fingerprint density at radius 2 is 1.92 bits per heavy atom. The summed E-state index contributed by atoms with van der Waals surface area (Å²) >= 11 is 0. The first-order valence-electron chi connectivity index (χ1n) is 5.49. The average Bonchev–Trinajstić information content (AvgIpc) is 2.79. The van der Waals surface area contributed by atoms with Crippen LogP contribution in [0.4, 0.5) is 0 Å². The molecule has 1 aliphatic carbocycles. The second-order valence-corrected chi connectivity index (χ2v) is 4.86. The van der Waals surface area contributed by atoms with Gasteiger partial charge >= 0.3 is 0 Å². The molecule has 0 aromatic carbocycles. The maximum atomic E-state index is 3.67. The lowest BCUT2D eigenvalue weighted by Crippen LogP contribution is -2.39. The van der Waals surface area contributed by atoms with Crippen molar-refractivity contribution in [2.75, 3.05) is 27.2 Å². The highest BCUT2D eigenvalue weighted by atomic mass is 15.1. The molecule has 1 rings (SSSR count). The molecule has 1 saturated carbocycles. The Morgan fingerprint density at radius 3 is 2.31 bits per heavy atom. The minimum Gasteiger partial charge on any atom is -0.312 e. The van der Waals surface area contributed by atoms with Gasteiger partial charge in [-0.25, -0.2) is 0 Å². The zero-order valence-electron chi connectivity index (χ0n) is 9.51. The first-order chi connectivity index (χ1) is 6.11. The van der Waals surface area contributed by atoms with Gasteiger partial charge in [0.1, 0.15) is 0 Å². The van der Waals surface area contributed by atoms with Crippen LogP contribution in [0.3, 0.4) is 0 Å². The lowest BCUT2D eigenvalue weighted by atomic mass is 10.00. The minimum absolute atomic E-state index is 0.764. The van der Waals surface area contributed by atoms with Crippen molar-refractivity contribution in [2.45, 2.75) is 32.7 Å².